The predicted octanol–water partition coefficient (Wildman–Crippen LogP) is 11.0. The van der Waals surface area contributed by atoms with E-state index in [4.69, 9.17) is 14.2 Å². The highest BCUT2D eigenvalue weighted by Crippen LogP contribution is 2.52. The van der Waals surface area contributed by atoms with E-state index in [2.05, 4.69) is 132 Å². The number of hydrogen-bond donors (Lipinski definition) is 0. The Bertz CT molecular complexity index is 1050. The molecule has 0 radical (unpaired) electrons. The van der Waals surface area contributed by atoms with Crippen LogP contribution >= 0.6 is 0 Å². The SMILES string of the molecule is CCCCOC(CC(C)(C)C(C)C)C(C)(C)C(C)(C)CC(OCCOc1ccc2ccccc2c1)C(C)(C)C(C)C. The molecular weight excluding hydrogens is 504 g/mol. The summed E-state index contributed by atoms with van der Waals surface area (Å²) in [7, 11) is 0. The van der Waals surface area contributed by atoms with E-state index in [1.54, 1.807) is 0 Å². The lowest BCUT2D eigenvalue weighted by molar-refractivity contribution is -0.136. The van der Waals surface area contributed by atoms with Crippen molar-refractivity contribution in [3.8, 4) is 5.75 Å². The summed E-state index contributed by atoms with van der Waals surface area (Å²) < 4.78 is 19.7. The molecule has 2 aromatic rings. The number of hydrogen-bond acceptors (Lipinski definition) is 3. The van der Waals surface area contributed by atoms with Gasteiger partial charge in [0.05, 0.1) is 18.8 Å². The third-order valence-electron chi connectivity index (χ3n) is 11.0. The van der Waals surface area contributed by atoms with Gasteiger partial charge in [-0.2, -0.15) is 0 Å². The third-order valence-corrected chi connectivity index (χ3v) is 11.0. The van der Waals surface area contributed by atoms with Crippen LogP contribution in [0.15, 0.2) is 42.5 Å². The van der Waals surface area contributed by atoms with Gasteiger partial charge in [0.15, 0.2) is 0 Å². The van der Waals surface area contributed by atoms with E-state index in [9.17, 15) is 0 Å². The van der Waals surface area contributed by atoms with Gasteiger partial charge < -0.3 is 14.2 Å². The van der Waals surface area contributed by atoms with Gasteiger partial charge in [0, 0.05) is 6.61 Å². The first-order valence-corrected chi connectivity index (χ1v) is 16.3. The number of rotatable bonds is 18. The molecule has 0 spiro atoms. The van der Waals surface area contributed by atoms with Crippen LogP contribution in [-0.2, 0) is 9.47 Å². The summed E-state index contributed by atoms with van der Waals surface area (Å²) in [6.07, 6.45) is 4.58. The summed E-state index contributed by atoms with van der Waals surface area (Å²) in [5.41, 5.74) is 0.180. The molecule has 0 bridgehead atoms. The van der Waals surface area contributed by atoms with Crippen molar-refractivity contribution in [2.75, 3.05) is 19.8 Å². The van der Waals surface area contributed by atoms with Crippen molar-refractivity contribution in [2.45, 2.75) is 128 Å². The number of fused-ring (bicyclic) bond motifs is 1. The molecule has 0 saturated carbocycles. The van der Waals surface area contributed by atoms with Crippen LogP contribution in [0.25, 0.3) is 10.8 Å². The van der Waals surface area contributed by atoms with Crippen LogP contribution in [0.5, 0.6) is 5.75 Å². The minimum atomic E-state index is -0.0385. The van der Waals surface area contributed by atoms with Crippen LogP contribution in [0, 0.1) is 33.5 Å². The maximum atomic E-state index is 6.76. The van der Waals surface area contributed by atoms with Gasteiger partial charge in [-0.3, -0.25) is 0 Å². The lowest BCUT2D eigenvalue weighted by Gasteiger charge is -2.52. The van der Waals surface area contributed by atoms with Gasteiger partial charge in [0.2, 0.25) is 0 Å². The van der Waals surface area contributed by atoms with E-state index < -0.39 is 0 Å². The van der Waals surface area contributed by atoms with Gasteiger partial charge in [-0.1, -0.05) is 127 Å². The van der Waals surface area contributed by atoms with Gasteiger partial charge in [0.1, 0.15) is 12.4 Å². The summed E-state index contributed by atoms with van der Waals surface area (Å²) in [5.74, 6) is 1.98. The standard InChI is InChI=1S/C38H64O3/c1-14-15-22-40-34(26-35(6,7)28(2)3)38(12,13)36(8,9)27-33(37(10,11)29(4)5)41-24-23-39-32-21-20-30-18-16-17-19-31(30)25-32/h16-21,25,28-29,33-34H,14-15,22-24,26-27H2,1-13H3. The molecule has 2 unspecified atom stereocenters. The van der Waals surface area contributed by atoms with Crippen LogP contribution in [0.4, 0.5) is 0 Å². The minimum absolute atomic E-state index is 0.00697. The summed E-state index contributed by atoms with van der Waals surface area (Å²) in [4.78, 5) is 0. The van der Waals surface area contributed by atoms with Crippen LogP contribution in [0.1, 0.15) is 116 Å². The van der Waals surface area contributed by atoms with Crippen molar-refractivity contribution < 1.29 is 14.2 Å². The molecule has 3 nitrogen and oxygen atoms in total. The van der Waals surface area contributed by atoms with Crippen LogP contribution in [-0.4, -0.2) is 32.0 Å². The van der Waals surface area contributed by atoms with Crippen molar-refractivity contribution in [3.05, 3.63) is 42.5 Å². The monoisotopic (exact) mass is 568 g/mol. The largest absolute Gasteiger partial charge is 0.491 e. The summed E-state index contributed by atoms with van der Waals surface area (Å²) in [6, 6.07) is 14.7. The Kier molecular flexibility index (Phi) is 12.8. The first-order valence-electron chi connectivity index (χ1n) is 16.3. The van der Waals surface area contributed by atoms with E-state index in [1.165, 1.54) is 10.8 Å². The zero-order valence-electron chi connectivity index (χ0n) is 29.0. The van der Waals surface area contributed by atoms with Crippen LogP contribution in [0.3, 0.4) is 0 Å². The van der Waals surface area contributed by atoms with Gasteiger partial charge in [-0.15, -0.1) is 0 Å². The van der Waals surface area contributed by atoms with Crippen molar-refractivity contribution in [1.29, 1.82) is 0 Å². The third kappa shape index (κ3) is 9.45. The van der Waals surface area contributed by atoms with E-state index in [0.717, 1.165) is 38.0 Å². The smallest absolute Gasteiger partial charge is 0.120 e. The van der Waals surface area contributed by atoms with Crippen molar-refractivity contribution >= 4 is 10.8 Å². The average molecular weight is 569 g/mol. The molecule has 0 aliphatic heterocycles. The lowest BCUT2D eigenvalue weighted by atomic mass is 9.57. The van der Waals surface area contributed by atoms with E-state index in [0.29, 0.717) is 25.0 Å². The van der Waals surface area contributed by atoms with Crippen molar-refractivity contribution in [2.24, 2.45) is 33.5 Å². The molecule has 2 aromatic carbocycles. The fourth-order valence-corrected chi connectivity index (χ4v) is 5.28. The molecule has 0 heterocycles. The maximum Gasteiger partial charge on any atom is 0.120 e. The highest BCUT2D eigenvalue weighted by Gasteiger charge is 2.49. The summed E-state index contributed by atoms with van der Waals surface area (Å²) in [5, 5.41) is 2.43. The molecule has 234 valence electrons. The quantitative estimate of drug-likeness (QED) is 0.167. The zero-order valence-corrected chi connectivity index (χ0v) is 29.0. The summed E-state index contributed by atoms with van der Waals surface area (Å²) >= 11 is 0. The molecule has 0 fully saturated rings. The molecule has 0 saturated heterocycles. The highest BCUT2D eigenvalue weighted by molar-refractivity contribution is 5.83. The molecule has 2 atom stereocenters. The van der Waals surface area contributed by atoms with Gasteiger partial charge in [0.25, 0.3) is 0 Å². The minimum Gasteiger partial charge on any atom is -0.491 e. The molecule has 3 heteroatoms. The number of ether oxygens (including phenoxy) is 3. The topological polar surface area (TPSA) is 27.7 Å². The van der Waals surface area contributed by atoms with Crippen molar-refractivity contribution in [1.82, 2.24) is 0 Å². The predicted molar refractivity (Wildman–Crippen MR) is 178 cm³/mol. The first-order chi connectivity index (χ1) is 19.0. The van der Waals surface area contributed by atoms with Crippen LogP contribution in [0.2, 0.25) is 0 Å². The molecule has 0 aromatic heterocycles. The fraction of sp³-hybridized carbons (Fsp3) is 0.737. The Morgan fingerprint density at radius 2 is 1.27 bits per heavy atom. The molecule has 0 aliphatic rings. The lowest BCUT2D eigenvalue weighted by Crippen LogP contribution is -2.50. The van der Waals surface area contributed by atoms with E-state index in [1.807, 2.05) is 0 Å². The molecule has 0 aliphatic carbocycles. The number of unbranched alkanes of at least 4 members (excludes halogenated alkanes) is 1. The van der Waals surface area contributed by atoms with Gasteiger partial charge in [-0.05, 0) is 75.7 Å². The van der Waals surface area contributed by atoms with Crippen LogP contribution < -0.4 is 4.74 Å². The maximum absolute atomic E-state index is 6.76. The van der Waals surface area contributed by atoms with Gasteiger partial charge >= 0.3 is 0 Å². The normalized spacial score (nSPS) is 15.1. The second kappa shape index (κ2) is 14.7. The van der Waals surface area contributed by atoms with Crippen molar-refractivity contribution in [3.63, 3.8) is 0 Å². The fourth-order valence-electron chi connectivity index (χ4n) is 5.28. The van der Waals surface area contributed by atoms with E-state index in [-0.39, 0.29) is 33.9 Å². The second-order valence-corrected chi connectivity index (χ2v) is 15.6. The van der Waals surface area contributed by atoms with E-state index >= 15 is 0 Å². The Balaban J connectivity index is 2.20. The van der Waals surface area contributed by atoms with Gasteiger partial charge in [-0.25, -0.2) is 0 Å². The molecular formula is C38H64O3. The average Bonchev–Trinajstić information content (AvgIpc) is 2.89. The Morgan fingerprint density at radius 3 is 1.85 bits per heavy atom. The number of benzene rings is 2. The molecule has 2 rings (SSSR count). The Morgan fingerprint density at radius 1 is 0.659 bits per heavy atom. The molecule has 0 N–H and O–H groups in total. The first kappa shape index (κ1) is 35.6. The summed E-state index contributed by atoms with van der Waals surface area (Å²) in [6.45, 7) is 32.8. The Hall–Kier alpha value is -1.58. The molecule has 41 heavy (non-hydrogen) atoms. The Labute approximate surface area is 254 Å². The highest BCUT2D eigenvalue weighted by atomic mass is 16.5. The molecule has 0 amide bonds. The second-order valence-electron chi connectivity index (χ2n) is 15.6. The zero-order chi connectivity index (χ0) is 31.1.